The number of piperazine rings is 1. The highest BCUT2D eigenvalue weighted by molar-refractivity contribution is 7.89. The highest BCUT2D eigenvalue weighted by Gasteiger charge is 2.51. The van der Waals surface area contributed by atoms with E-state index in [4.69, 9.17) is 16.3 Å². The summed E-state index contributed by atoms with van der Waals surface area (Å²) in [6.45, 7) is 1.37. The second-order valence-corrected chi connectivity index (χ2v) is 11.4. The van der Waals surface area contributed by atoms with Crippen molar-refractivity contribution in [2.45, 2.75) is 43.5 Å². The number of carbonyl (C=O) groups is 4. The van der Waals surface area contributed by atoms with Crippen molar-refractivity contribution in [1.29, 1.82) is 0 Å². The van der Waals surface area contributed by atoms with Crippen molar-refractivity contribution >= 4 is 45.3 Å². The molecule has 0 bridgehead atoms. The van der Waals surface area contributed by atoms with Crippen molar-refractivity contribution in [2.75, 3.05) is 32.8 Å². The number of imide groups is 1. The lowest BCUT2D eigenvalue weighted by Gasteiger charge is -2.34. The normalized spacial score (nSPS) is 24.3. The fourth-order valence-corrected chi connectivity index (χ4v) is 6.50. The summed E-state index contributed by atoms with van der Waals surface area (Å²) in [7, 11) is -3.71. The van der Waals surface area contributed by atoms with Gasteiger partial charge >= 0.3 is 5.97 Å². The lowest BCUT2D eigenvalue weighted by Crippen LogP contribution is -2.51. The molecule has 4 rings (SSSR count). The van der Waals surface area contributed by atoms with E-state index >= 15 is 0 Å². The molecular formula is C23H28ClN3O7S. The van der Waals surface area contributed by atoms with Gasteiger partial charge in [0.05, 0.1) is 16.7 Å². The van der Waals surface area contributed by atoms with Gasteiger partial charge in [0.2, 0.25) is 21.8 Å². The van der Waals surface area contributed by atoms with Crippen LogP contribution in [0.1, 0.15) is 32.6 Å². The van der Waals surface area contributed by atoms with Crippen LogP contribution in [0.2, 0.25) is 5.02 Å². The van der Waals surface area contributed by atoms with E-state index in [1.54, 1.807) is 0 Å². The molecule has 1 aromatic rings. The zero-order valence-electron chi connectivity index (χ0n) is 19.4. The first-order valence-corrected chi connectivity index (χ1v) is 13.5. The first kappa shape index (κ1) is 25.6. The van der Waals surface area contributed by atoms with Crippen LogP contribution < -0.4 is 0 Å². The average molecular weight is 526 g/mol. The number of hydrogen-bond acceptors (Lipinski definition) is 7. The number of nitrogens with zero attached hydrogens (tertiary/aromatic N) is 3. The molecule has 2 saturated heterocycles. The van der Waals surface area contributed by atoms with Gasteiger partial charge in [-0.05, 0) is 44.0 Å². The molecule has 3 unspecified atom stereocenters. The zero-order valence-corrected chi connectivity index (χ0v) is 21.0. The van der Waals surface area contributed by atoms with Gasteiger partial charge in [0, 0.05) is 31.2 Å². The molecular weight excluding hydrogens is 498 g/mol. The Morgan fingerprint density at radius 3 is 2.09 bits per heavy atom. The fraction of sp³-hybridized carbons (Fsp3) is 0.565. The molecule has 1 aliphatic carbocycles. The molecule has 2 heterocycles. The number of fused-ring (bicyclic) bond motifs is 1. The summed E-state index contributed by atoms with van der Waals surface area (Å²) in [6.07, 6.45) is 3.06. The predicted octanol–water partition coefficient (Wildman–Crippen LogP) is 1.28. The van der Waals surface area contributed by atoms with Crippen LogP contribution in [0.5, 0.6) is 0 Å². The zero-order chi connectivity index (χ0) is 25.3. The Kier molecular flexibility index (Phi) is 7.48. The van der Waals surface area contributed by atoms with Crippen molar-refractivity contribution < 1.29 is 32.3 Å². The van der Waals surface area contributed by atoms with Crippen molar-refractivity contribution in [2.24, 2.45) is 11.8 Å². The minimum absolute atomic E-state index is 0.0978. The molecule has 0 spiro atoms. The number of rotatable bonds is 6. The Labute approximate surface area is 209 Å². The minimum Gasteiger partial charge on any atom is -0.454 e. The molecule has 12 heteroatoms. The van der Waals surface area contributed by atoms with E-state index in [1.165, 1.54) is 40.4 Å². The van der Waals surface area contributed by atoms with Gasteiger partial charge in [-0.3, -0.25) is 19.3 Å². The number of hydrogen-bond donors (Lipinski definition) is 0. The van der Waals surface area contributed by atoms with Crippen LogP contribution in [0.4, 0.5) is 0 Å². The summed E-state index contributed by atoms with van der Waals surface area (Å²) in [5, 5.41) is 0.431. The van der Waals surface area contributed by atoms with Crippen LogP contribution in [0, 0.1) is 11.8 Å². The average Bonchev–Trinajstić information content (AvgIpc) is 3.12. The van der Waals surface area contributed by atoms with Gasteiger partial charge in [-0.15, -0.1) is 0 Å². The minimum atomic E-state index is -3.71. The third-order valence-corrected chi connectivity index (χ3v) is 9.15. The van der Waals surface area contributed by atoms with E-state index in [0.29, 0.717) is 17.9 Å². The maximum atomic E-state index is 12.8. The molecule has 1 saturated carbocycles. The highest BCUT2D eigenvalue weighted by Crippen LogP contribution is 2.38. The summed E-state index contributed by atoms with van der Waals surface area (Å²) in [5.74, 6) is -2.70. The van der Waals surface area contributed by atoms with Gasteiger partial charge in [0.1, 0.15) is 6.04 Å². The highest BCUT2D eigenvalue weighted by atomic mass is 35.5. The van der Waals surface area contributed by atoms with Gasteiger partial charge in [0.25, 0.3) is 5.91 Å². The molecule has 0 radical (unpaired) electrons. The van der Waals surface area contributed by atoms with Gasteiger partial charge in [0.15, 0.2) is 6.61 Å². The molecule has 35 heavy (non-hydrogen) atoms. The maximum absolute atomic E-state index is 12.8. The van der Waals surface area contributed by atoms with E-state index in [1.807, 2.05) is 0 Å². The molecule has 3 amide bonds. The van der Waals surface area contributed by atoms with Crippen LogP contribution in [0.15, 0.2) is 29.2 Å². The van der Waals surface area contributed by atoms with E-state index in [-0.39, 0.29) is 54.7 Å². The Morgan fingerprint density at radius 2 is 1.54 bits per heavy atom. The quantitative estimate of drug-likeness (QED) is 0.405. The first-order chi connectivity index (χ1) is 16.6. The maximum Gasteiger partial charge on any atom is 0.329 e. The van der Waals surface area contributed by atoms with Crippen LogP contribution in [0.3, 0.4) is 0 Å². The summed E-state index contributed by atoms with van der Waals surface area (Å²) in [5.41, 5.74) is 0. The topological polar surface area (TPSA) is 121 Å². The van der Waals surface area contributed by atoms with Crippen LogP contribution in [-0.4, -0.2) is 85.0 Å². The number of amides is 3. The number of likely N-dealkylation sites (tertiary alicyclic amines) is 1. The van der Waals surface area contributed by atoms with E-state index in [2.05, 4.69) is 0 Å². The second kappa shape index (κ2) is 10.2. The number of sulfonamides is 1. The molecule has 0 N–H and O–H groups in total. The number of esters is 1. The van der Waals surface area contributed by atoms with Crippen molar-refractivity contribution in [3.05, 3.63) is 29.3 Å². The van der Waals surface area contributed by atoms with Gasteiger partial charge in [-0.25, -0.2) is 13.2 Å². The lowest BCUT2D eigenvalue weighted by molar-refractivity contribution is -0.161. The largest absolute Gasteiger partial charge is 0.454 e. The predicted molar refractivity (Wildman–Crippen MR) is 125 cm³/mol. The molecule has 10 nitrogen and oxygen atoms in total. The Balaban J connectivity index is 1.28. The monoisotopic (exact) mass is 525 g/mol. The van der Waals surface area contributed by atoms with Crippen molar-refractivity contribution in [1.82, 2.24) is 14.1 Å². The Bertz CT molecular complexity index is 1090. The SMILES string of the molecule is CC(C(=O)OCC(=O)N1CCN(S(=O)(=O)c2ccc(Cl)cc2)CC1)N1C(=O)C2CCCCC2C1=O. The lowest BCUT2D eigenvalue weighted by atomic mass is 9.81. The molecule has 1 aromatic carbocycles. The van der Waals surface area contributed by atoms with Gasteiger partial charge < -0.3 is 9.64 Å². The number of halogens is 1. The van der Waals surface area contributed by atoms with Crippen molar-refractivity contribution in [3.63, 3.8) is 0 Å². The van der Waals surface area contributed by atoms with Crippen molar-refractivity contribution in [3.8, 4) is 0 Å². The summed E-state index contributed by atoms with van der Waals surface area (Å²) in [4.78, 5) is 53.0. The number of ether oxygens (including phenoxy) is 1. The molecule has 0 aromatic heterocycles. The summed E-state index contributed by atoms with van der Waals surface area (Å²) in [6, 6.07) is 4.76. The van der Waals surface area contributed by atoms with Crippen LogP contribution >= 0.6 is 11.6 Å². The van der Waals surface area contributed by atoms with Gasteiger partial charge in [-0.2, -0.15) is 4.31 Å². The third kappa shape index (κ3) is 5.07. The van der Waals surface area contributed by atoms with Crippen LogP contribution in [0.25, 0.3) is 0 Å². The summed E-state index contributed by atoms with van der Waals surface area (Å²) >= 11 is 5.83. The number of benzene rings is 1. The summed E-state index contributed by atoms with van der Waals surface area (Å²) < 4.78 is 32.0. The van der Waals surface area contributed by atoms with E-state index < -0.39 is 34.5 Å². The van der Waals surface area contributed by atoms with E-state index in [0.717, 1.165) is 17.7 Å². The first-order valence-electron chi connectivity index (χ1n) is 11.7. The molecule has 2 aliphatic heterocycles. The van der Waals surface area contributed by atoms with E-state index in [9.17, 15) is 27.6 Å². The molecule has 3 atom stereocenters. The smallest absolute Gasteiger partial charge is 0.329 e. The molecule has 3 aliphatic rings. The number of carbonyl (C=O) groups excluding carboxylic acids is 4. The molecule has 3 fully saturated rings. The molecule has 190 valence electrons. The third-order valence-electron chi connectivity index (χ3n) is 6.98. The standard InChI is InChI=1S/C23H28ClN3O7S/c1-15(27-21(29)18-4-2-3-5-19(18)22(27)30)23(31)34-14-20(28)25-10-12-26(13-11-25)35(32,33)17-8-6-16(24)7-9-17/h6-9,15,18-19H,2-5,10-14H2,1H3. The van der Waals surface area contributed by atoms with Gasteiger partial charge in [-0.1, -0.05) is 24.4 Å². The van der Waals surface area contributed by atoms with Crippen LogP contribution in [-0.2, 0) is 33.9 Å². The fourth-order valence-electron chi connectivity index (χ4n) is 4.95. The second-order valence-electron chi connectivity index (χ2n) is 9.07. The Hall–Kier alpha value is -2.50. The Morgan fingerprint density at radius 1 is 1.00 bits per heavy atom.